The van der Waals surface area contributed by atoms with Gasteiger partial charge in [0, 0.05) is 13.2 Å². The van der Waals surface area contributed by atoms with Crippen molar-refractivity contribution in [2.45, 2.75) is 19.8 Å². The summed E-state index contributed by atoms with van der Waals surface area (Å²) in [6.07, 6.45) is 2.75. The monoisotopic (exact) mass is 126 g/mol. The van der Waals surface area contributed by atoms with Gasteiger partial charge in [-0.2, -0.15) is 0 Å². The van der Waals surface area contributed by atoms with Crippen LogP contribution in [0.15, 0.2) is 0 Å². The highest BCUT2D eigenvalue weighted by Gasteiger charge is 2.39. The fraction of sp³-hybridized carbons (Fsp3) is 1.00. The lowest BCUT2D eigenvalue weighted by Gasteiger charge is -2.46. The van der Waals surface area contributed by atoms with Gasteiger partial charge < -0.3 is 4.74 Å². The van der Waals surface area contributed by atoms with Gasteiger partial charge in [-0.3, -0.25) is 0 Å². The number of hydrogen-bond donors (Lipinski definition) is 0. The van der Waals surface area contributed by atoms with Gasteiger partial charge in [-0.05, 0) is 30.6 Å². The molecule has 1 saturated carbocycles. The molecule has 0 spiro atoms. The van der Waals surface area contributed by atoms with Gasteiger partial charge in [-0.25, -0.2) is 0 Å². The largest absolute Gasteiger partial charge is 0.381 e. The molecule has 1 heterocycles. The number of ether oxygens (including phenoxy) is 1. The molecule has 1 aliphatic heterocycles. The molecule has 0 amide bonds. The van der Waals surface area contributed by atoms with Crippen LogP contribution in [0.3, 0.4) is 0 Å². The number of rotatable bonds is 0. The van der Waals surface area contributed by atoms with Crippen molar-refractivity contribution >= 4 is 0 Å². The zero-order valence-corrected chi connectivity index (χ0v) is 5.97. The third-order valence-corrected chi connectivity index (χ3v) is 2.94. The minimum atomic E-state index is 0.939. The molecule has 0 aromatic carbocycles. The highest BCUT2D eigenvalue weighted by Crippen LogP contribution is 2.44. The summed E-state index contributed by atoms with van der Waals surface area (Å²) >= 11 is 0. The Bertz CT molecular complexity index is 109. The van der Waals surface area contributed by atoms with Crippen molar-refractivity contribution in [2.75, 3.05) is 13.2 Å². The molecular formula is C8H14O. The lowest BCUT2D eigenvalue weighted by atomic mass is 9.64. The number of hydrogen-bond acceptors (Lipinski definition) is 1. The molecule has 52 valence electrons. The van der Waals surface area contributed by atoms with E-state index in [0.29, 0.717) is 0 Å². The molecule has 1 aliphatic carbocycles. The Morgan fingerprint density at radius 1 is 1.44 bits per heavy atom. The van der Waals surface area contributed by atoms with E-state index >= 15 is 0 Å². The second kappa shape index (κ2) is 1.98. The van der Waals surface area contributed by atoms with E-state index in [1.165, 1.54) is 12.8 Å². The highest BCUT2D eigenvalue weighted by molar-refractivity contribution is 4.88. The van der Waals surface area contributed by atoms with Gasteiger partial charge in [0.15, 0.2) is 0 Å². The van der Waals surface area contributed by atoms with Crippen molar-refractivity contribution < 1.29 is 4.74 Å². The van der Waals surface area contributed by atoms with Crippen LogP contribution in [0.4, 0.5) is 0 Å². The van der Waals surface area contributed by atoms with E-state index in [4.69, 9.17) is 4.74 Å². The fourth-order valence-corrected chi connectivity index (χ4v) is 2.26. The molecular weight excluding hydrogens is 112 g/mol. The summed E-state index contributed by atoms with van der Waals surface area (Å²) in [7, 11) is 0. The standard InChI is InChI=1S/C8H14O/c1-6-4-7-5-9-3-2-8(6)7/h6-8H,2-5H2,1H3/t6-,7?,8?/m0/s1. The van der Waals surface area contributed by atoms with Crippen LogP contribution in [-0.4, -0.2) is 13.2 Å². The van der Waals surface area contributed by atoms with E-state index in [1.54, 1.807) is 0 Å². The van der Waals surface area contributed by atoms with E-state index in [1.807, 2.05) is 0 Å². The maximum Gasteiger partial charge on any atom is 0.0497 e. The Morgan fingerprint density at radius 3 is 2.89 bits per heavy atom. The first kappa shape index (κ1) is 5.72. The van der Waals surface area contributed by atoms with Gasteiger partial charge in [0.1, 0.15) is 0 Å². The van der Waals surface area contributed by atoms with Crippen LogP contribution in [-0.2, 0) is 4.74 Å². The predicted molar refractivity (Wildman–Crippen MR) is 36.2 cm³/mol. The molecule has 1 saturated heterocycles. The Balaban J connectivity index is 1.94. The van der Waals surface area contributed by atoms with Gasteiger partial charge in [0.2, 0.25) is 0 Å². The minimum Gasteiger partial charge on any atom is -0.381 e. The average Bonchev–Trinajstić information content (AvgIpc) is 1.86. The molecule has 1 nitrogen and oxygen atoms in total. The summed E-state index contributed by atoms with van der Waals surface area (Å²) in [5, 5.41) is 0. The Kier molecular flexibility index (Phi) is 1.26. The first-order chi connectivity index (χ1) is 4.38. The third-order valence-electron chi connectivity index (χ3n) is 2.94. The summed E-state index contributed by atoms with van der Waals surface area (Å²) in [4.78, 5) is 0. The maximum atomic E-state index is 5.35. The molecule has 0 radical (unpaired) electrons. The molecule has 1 heteroatoms. The van der Waals surface area contributed by atoms with E-state index in [2.05, 4.69) is 6.92 Å². The van der Waals surface area contributed by atoms with Crippen LogP contribution in [0.5, 0.6) is 0 Å². The summed E-state index contributed by atoms with van der Waals surface area (Å²) in [5.74, 6) is 2.96. The normalized spacial score (nSPS) is 49.7. The van der Waals surface area contributed by atoms with Crippen molar-refractivity contribution in [2.24, 2.45) is 17.8 Å². The Morgan fingerprint density at radius 2 is 2.33 bits per heavy atom. The van der Waals surface area contributed by atoms with Crippen LogP contribution in [0.1, 0.15) is 19.8 Å². The third kappa shape index (κ3) is 0.787. The topological polar surface area (TPSA) is 9.23 Å². The molecule has 3 atom stereocenters. The smallest absolute Gasteiger partial charge is 0.0497 e. The van der Waals surface area contributed by atoms with Gasteiger partial charge in [-0.1, -0.05) is 6.92 Å². The van der Waals surface area contributed by atoms with Crippen molar-refractivity contribution in [1.29, 1.82) is 0 Å². The average molecular weight is 126 g/mol. The van der Waals surface area contributed by atoms with Crippen LogP contribution in [0, 0.1) is 17.8 Å². The second-order valence-electron chi connectivity index (χ2n) is 3.50. The maximum absolute atomic E-state index is 5.35. The van der Waals surface area contributed by atoms with E-state index in [9.17, 15) is 0 Å². The molecule has 0 aromatic rings. The SMILES string of the molecule is C[C@H]1CC2COCCC21. The van der Waals surface area contributed by atoms with Crippen molar-refractivity contribution in [3.63, 3.8) is 0 Å². The number of fused-ring (bicyclic) bond motifs is 1. The molecule has 9 heavy (non-hydrogen) atoms. The molecule has 0 aromatic heterocycles. The predicted octanol–water partition coefficient (Wildman–Crippen LogP) is 1.68. The molecule has 0 bridgehead atoms. The molecule has 2 fully saturated rings. The van der Waals surface area contributed by atoms with Crippen LogP contribution < -0.4 is 0 Å². The molecule has 2 unspecified atom stereocenters. The van der Waals surface area contributed by atoms with Gasteiger partial charge in [0.25, 0.3) is 0 Å². The van der Waals surface area contributed by atoms with Crippen molar-refractivity contribution in [3.8, 4) is 0 Å². The summed E-state index contributed by atoms with van der Waals surface area (Å²) < 4.78 is 5.35. The minimum absolute atomic E-state index is 0.939. The summed E-state index contributed by atoms with van der Waals surface area (Å²) in [6, 6.07) is 0. The van der Waals surface area contributed by atoms with Crippen LogP contribution >= 0.6 is 0 Å². The Labute approximate surface area is 56.4 Å². The van der Waals surface area contributed by atoms with Crippen LogP contribution in [0.25, 0.3) is 0 Å². The van der Waals surface area contributed by atoms with Gasteiger partial charge in [0.05, 0.1) is 0 Å². The zero-order chi connectivity index (χ0) is 6.27. The quantitative estimate of drug-likeness (QED) is 0.480. The summed E-state index contributed by atoms with van der Waals surface area (Å²) in [5.41, 5.74) is 0. The van der Waals surface area contributed by atoms with Crippen LogP contribution in [0.2, 0.25) is 0 Å². The van der Waals surface area contributed by atoms with Gasteiger partial charge in [-0.15, -0.1) is 0 Å². The molecule has 2 aliphatic rings. The van der Waals surface area contributed by atoms with Crippen molar-refractivity contribution in [1.82, 2.24) is 0 Å². The molecule has 0 N–H and O–H groups in total. The first-order valence-corrected chi connectivity index (χ1v) is 3.95. The van der Waals surface area contributed by atoms with E-state index in [-0.39, 0.29) is 0 Å². The molecule has 2 rings (SSSR count). The highest BCUT2D eigenvalue weighted by atomic mass is 16.5. The summed E-state index contributed by atoms with van der Waals surface area (Å²) in [6.45, 7) is 4.44. The fourth-order valence-electron chi connectivity index (χ4n) is 2.26. The lowest BCUT2D eigenvalue weighted by Crippen LogP contribution is -2.41. The van der Waals surface area contributed by atoms with Crippen molar-refractivity contribution in [3.05, 3.63) is 0 Å². The second-order valence-corrected chi connectivity index (χ2v) is 3.50. The Hall–Kier alpha value is -0.0400. The van der Waals surface area contributed by atoms with E-state index < -0.39 is 0 Å². The lowest BCUT2D eigenvalue weighted by molar-refractivity contribution is -0.0662. The van der Waals surface area contributed by atoms with E-state index in [0.717, 1.165) is 31.0 Å². The first-order valence-electron chi connectivity index (χ1n) is 3.95. The van der Waals surface area contributed by atoms with Gasteiger partial charge >= 0.3 is 0 Å². The zero-order valence-electron chi connectivity index (χ0n) is 5.97.